The Bertz CT molecular complexity index is 597. The smallest absolute Gasteiger partial charge is 0.148 e. The summed E-state index contributed by atoms with van der Waals surface area (Å²) in [6.45, 7) is -0.196. The number of hydrogen-bond acceptors (Lipinski definition) is 1. The highest BCUT2D eigenvalue weighted by Gasteiger charge is 2.14. The van der Waals surface area contributed by atoms with E-state index in [4.69, 9.17) is 4.74 Å². The quantitative estimate of drug-likeness (QED) is 0.528. The molecule has 2 rings (SSSR count). The Morgan fingerprint density at radius 3 is 2.16 bits per heavy atom. The molecule has 100 valence electrons. The molecule has 0 fully saturated rings. The first-order valence-corrected chi connectivity index (χ1v) is 7.57. The van der Waals surface area contributed by atoms with Gasteiger partial charge in [-0.1, -0.05) is 6.07 Å². The van der Waals surface area contributed by atoms with Crippen LogP contribution in [0.15, 0.2) is 43.7 Å². The van der Waals surface area contributed by atoms with E-state index in [0.717, 1.165) is 0 Å². The molecule has 0 saturated heterocycles. The van der Waals surface area contributed by atoms with Crippen molar-refractivity contribution in [1.29, 1.82) is 0 Å². The van der Waals surface area contributed by atoms with Crippen LogP contribution in [-0.4, -0.2) is 0 Å². The maximum absolute atomic E-state index is 13.8. The van der Waals surface area contributed by atoms with Crippen molar-refractivity contribution in [2.45, 2.75) is 6.61 Å². The molecule has 0 aliphatic carbocycles. The topological polar surface area (TPSA) is 9.23 Å². The molecular formula is C13H7Br3F2O. The fourth-order valence-corrected chi connectivity index (χ4v) is 3.06. The zero-order chi connectivity index (χ0) is 14.0. The molecule has 0 aromatic heterocycles. The van der Waals surface area contributed by atoms with Crippen LogP contribution in [0.4, 0.5) is 8.78 Å². The molecule has 19 heavy (non-hydrogen) atoms. The third-order valence-corrected chi connectivity index (χ3v) is 4.28. The lowest BCUT2D eigenvalue weighted by Crippen LogP contribution is -2.03. The molecule has 2 aromatic carbocycles. The molecule has 0 spiro atoms. The van der Waals surface area contributed by atoms with Gasteiger partial charge in [0.25, 0.3) is 0 Å². The van der Waals surface area contributed by atoms with Crippen molar-refractivity contribution in [3.8, 4) is 5.75 Å². The van der Waals surface area contributed by atoms with Crippen molar-refractivity contribution < 1.29 is 13.5 Å². The average Bonchev–Trinajstić information content (AvgIpc) is 2.37. The zero-order valence-electron chi connectivity index (χ0n) is 9.39. The number of ether oxygens (including phenoxy) is 1. The Kier molecular flexibility index (Phi) is 4.97. The highest BCUT2D eigenvalue weighted by Crippen LogP contribution is 2.34. The van der Waals surface area contributed by atoms with E-state index in [1.807, 2.05) is 6.07 Å². The van der Waals surface area contributed by atoms with Crippen molar-refractivity contribution in [2.24, 2.45) is 0 Å². The van der Waals surface area contributed by atoms with Crippen LogP contribution in [0.5, 0.6) is 5.75 Å². The minimum atomic E-state index is -0.650. The summed E-state index contributed by atoms with van der Waals surface area (Å²) in [7, 11) is 0. The molecule has 2 aromatic rings. The highest BCUT2D eigenvalue weighted by molar-refractivity contribution is 9.11. The lowest BCUT2D eigenvalue weighted by atomic mass is 10.2. The number of hydrogen-bond donors (Lipinski definition) is 0. The molecule has 0 saturated carbocycles. The number of rotatable bonds is 3. The monoisotopic (exact) mass is 454 g/mol. The molecule has 0 atom stereocenters. The summed E-state index contributed by atoms with van der Waals surface area (Å²) in [5.41, 5.74) is -0.114. The van der Waals surface area contributed by atoms with Crippen LogP contribution < -0.4 is 4.74 Å². The van der Waals surface area contributed by atoms with Gasteiger partial charge in [-0.2, -0.15) is 0 Å². The minimum absolute atomic E-state index is 0.114. The van der Waals surface area contributed by atoms with Gasteiger partial charge in [-0.25, -0.2) is 8.78 Å². The van der Waals surface area contributed by atoms with E-state index >= 15 is 0 Å². The van der Waals surface area contributed by atoms with Crippen LogP contribution in [0, 0.1) is 11.6 Å². The predicted molar refractivity (Wildman–Crippen MR) is 80.2 cm³/mol. The van der Waals surface area contributed by atoms with E-state index in [1.165, 1.54) is 12.1 Å². The van der Waals surface area contributed by atoms with E-state index in [9.17, 15) is 8.78 Å². The van der Waals surface area contributed by atoms with E-state index in [-0.39, 0.29) is 16.6 Å². The number of benzene rings is 2. The maximum atomic E-state index is 13.8. The fourth-order valence-electron chi connectivity index (χ4n) is 1.47. The standard InChI is InChI=1S/C13H7Br3F2O/c14-8-4-5-11(17)7(12(8)18)6-19-13-9(15)2-1-3-10(13)16/h1-5H,6H2. The van der Waals surface area contributed by atoms with Gasteiger partial charge in [0, 0.05) is 0 Å². The van der Waals surface area contributed by atoms with Gasteiger partial charge < -0.3 is 4.74 Å². The van der Waals surface area contributed by atoms with Crippen molar-refractivity contribution in [3.05, 3.63) is 60.9 Å². The first-order chi connectivity index (χ1) is 9.00. The second kappa shape index (κ2) is 6.33. The van der Waals surface area contributed by atoms with E-state index in [1.54, 1.807) is 12.1 Å². The van der Waals surface area contributed by atoms with Gasteiger partial charge in [0.15, 0.2) is 0 Å². The molecule has 0 bridgehead atoms. The van der Waals surface area contributed by atoms with Gasteiger partial charge in [-0.3, -0.25) is 0 Å². The Morgan fingerprint density at radius 1 is 0.895 bits per heavy atom. The minimum Gasteiger partial charge on any atom is -0.486 e. The van der Waals surface area contributed by atoms with Crippen LogP contribution in [0.25, 0.3) is 0 Å². The molecule has 0 aliphatic heterocycles. The highest BCUT2D eigenvalue weighted by atomic mass is 79.9. The van der Waals surface area contributed by atoms with E-state index in [2.05, 4.69) is 47.8 Å². The summed E-state index contributed by atoms with van der Waals surface area (Å²) in [5, 5.41) is 0. The van der Waals surface area contributed by atoms with Crippen LogP contribution in [-0.2, 0) is 6.61 Å². The van der Waals surface area contributed by atoms with E-state index < -0.39 is 11.6 Å². The van der Waals surface area contributed by atoms with Crippen LogP contribution in [0.3, 0.4) is 0 Å². The lowest BCUT2D eigenvalue weighted by molar-refractivity contribution is 0.288. The Hall–Kier alpha value is -0.460. The molecular weight excluding hydrogens is 450 g/mol. The fraction of sp³-hybridized carbons (Fsp3) is 0.0769. The average molecular weight is 457 g/mol. The van der Waals surface area contributed by atoms with Gasteiger partial charge in [-0.15, -0.1) is 0 Å². The summed E-state index contributed by atoms with van der Waals surface area (Å²) < 4.78 is 34.4. The first kappa shape index (κ1) is 14.9. The van der Waals surface area contributed by atoms with E-state index in [0.29, 0.717) is 14.7 Å². The molecule has 0 unspecified atom stereocenters. The Balaban J connectivity index is 2.27. The first-order valence-electron chi connectivity index (χ1n) is 5.20. The summed E-state index contributed by atoms with van der Waals surface area (Å²) >= 11 is 9.66. The Morgan fingerprint density at radius 2 is 1.53 bits per heavy atom. The molecule has 0 radical (unpaired) electrons. The van der Waals surface area contributed by atoms with Gasteiger partial charge in [-0.05, 0) is 72.1 Å². The van der Waals surface area contributed by atoms with Crippen molar-refractivity contribution >= 4 is 47.8 Å². The van der Waals surface area contributed by atoms with Crippen molar-refractivity contribution in [3.63, 3.8) is 0 Å². The molecule has 0 N–H and O–H groups in total. The Labute approximate surface area is 134 Å². The third-order valence-electron chi connectivity index (χ3n) is 2.42. The molecule has 1 nitrogen and oxygen atoms in total. The normalized spacial score (nSPS) is 10.6. The lowest BCUT2D eigenvalue weighted by Gasteiger charge is -2.11. The second-order valence-corrected chi connectivity index (χ2v) is 6.22. The number of halogens is 5. The van der Waals surface area contributed by atoms with Gasteiger partial charge in [0.2, 0.25) is 0 Å². The van der Waals surface area contributed by atoms with Gasteiger partial charge >= 0.3 is 0 Å². The largest absolute Gasteiger partial charge is 0.486 e. The van der Waals surface area contributed by atoms with Crippen LogP contribution in [0.1, 0.15) is 5.56 Å². The predicted octanol–water partition coefficient (Wildman–Crippen LogP) is 5.83. The van der Waals surface area contributed by atoms with Crippen molar-refractivity contribution in [1.82, 2.24) is 0 Å². The number of para-hydroxylation sites is 1. The summed E-state index contributed by atoms with van der Waals surface area (Å²) in [6.07, 6.45) is 0. The molecule has 0 aliphatic rings. The SMILES string of the molecule is Fc1ccc(Br)c(F)c1COc1c(Br)cccc1Br. The van der Waals surface area contributed by atoms with Gasteiger partial charge in [0.1, 0.15) is 24.0 Å². The maximum Gasteiger partial charge on any atom is 0.148 e. The zero-order valence-corrected chi connectivity index (χ0v) is 14.1. The molecule has 0 amide bonds. The second-order valence-electron chi connectivity index (χ2n) is 3.66. The van der Waals surface area contributed by atoms with Crippen molar-refractivity contribution in [2.75, 3.05) is 0 Å². The molecule has 0 heterocycles. The molecule has 6 heteroatoms. The summed E-state index contributed by atoms with van der Waals surface area (Å²) in [6, 6.07) is 7.91. The van der Waals surface area contributed by atoms with Crippen LogP contribution in [0.2, 0.25) is 0 Å². The summed E-state index contributed by atoms with van der Waals surface area (Å²) in [5.74, 6) is -0.784. The van der Waals surface area contributed by atoms with Crippen LogP contribution >= 0.6 is 47.8 Å². The summed E-state index contributed by atoms with van der Waals surface area (Å²) in [4.78, 5) is 0. The third kappa shape index (κ3) is 3.35. The van der Waals surface area contributed by atoms with Gasteiger partial charge in [0.05, 0.1) is 19.0 Å².